The van der Waals surface area contributed by atoms with E-state index in [9.17, 15) is 4.79 Å². The summed E-state index contributed by atoms with van der Waals surface area (Å²) in [6.45, 7) is 4.61. The molecule has 0 unspecified atom stereocenters. The molecule has 3 aliphatic rings. The number of halogens is 1. The van der Waals surface area contributed by atoms with Gasteiger partial charge in [0.2, 0.25) is 0 Å². The molecule has 0 spiro atoms. The third-order valence-corrected chi connectivity index (χ3v) is 4.89. The summed E-state index contributed by atoms with van der Waals surface area (Å²) in [7, 11) is 3.66. The van der Waals surface area contributed by atoms with Crippen LogP contribution in [0.2, 0.25) is 5.02 Å². The van der Waals surface area contributed by atoms with Crippen LogP contribution in [0.3, 0.4) is 0 Å². The van der Waals surface area contributed by atoms with Crippen molar-refractivity contribution < 1.29 is 4.79 Å². The van der Waals surface area contributed by atoms with Gasteiger partial charge in [-0.3, -0.25) is 9.58 Å². The molecule has 1 aromatic heterocycles. The first-order valence-corrected chi connectivity index (χ1v) is 8.29. The number of hydrogen-bond acceptors (Lipinski definition) is 3. The van der Waals surface area contributed by atoms with Crippen molar-refractivity contribution in [3.63, 3.8) is 0 Å². The van der Waals surface area contributed by atoms with Gasteiger partial charge >= 0.3 is 6.03 Å². The Morgan fingerprint density at radius 2 is 2.14 bits per heavy atom. The molecule has 0 aliphatic carbocycles. The van der Waals surface area contributed by atoms with Crippen LogP contribution in [0.1, 0.15) is 12.8 Å². The van der Waals surface area contributed by atoms with Crippen molar-refractivity contribution in [2.24, 2.45) is 5.92 Å². The van der Waals surface area contributed by atoms with Crippen molar-refractivity contribution >= 4 is 17.6 Å². The van der Waals surface area contributed by atoms with Crippen LogP contribution < -0.4 is 0 Å². The molecule has 4 rings (SSSR count). The van der Waals surface area contributed by atoms with Crippen molar-refractivity contribution in [2.75, 3.05) is 40.3 Å². The van der Waals surface area contributed by atoms with E-state index in [1.807, 2.05) is 29.9 Å². The molecule has 4 heterocycles. The van der Waals surface area contributed by atoms with Gasteiger partial charge in [0.1, 0.15) is 0 Å². The first kappa shape index (κ1) is 15.6. The lowest BCUT2D eigenvalue weighted by Crippen LogP contribution is -2.46. The lowest BCUT2D eigenvalue weighted by Gasteiger charge is -2.35. The molecule has 122 valence electrons. The lowest BCUT2D eigenvalue weighted by atomic mass is 9.95. The van der Waals surface area contributed by atoms with Gasteiger partial charge < -0.3 is 9.80 Å². The SMILES string of the molecule is CN(C)C(=O)N1C[C@@H]2CC[C@H](C1)N(CCn1cc(Cl)cn1)C2. The number of aromatic nitrogens is 2. The van der Waals surface area contributed by atoms with Crippen LogP contribution in [-0.4, -0.2) is 76.8 Å². The minimum atomic E-state index is 0.137. The van der Waals surface area contributed by atoms with Crippen molar-refractivity contribution in [3.05, 3.63) is 17.4 Å². The molecule has 3 fully saturated rings. The Morgan fingerprint density at radius 3 is 2.82 bits per heavy atom. The summed E-state index contributed by atoms with van der Waals surface area (Å²) in [6.07, 6.45) is 5.95. The monoisotopic (exact) mass is 325 g/mol. The third-order valence-electron chi connectivity index (χ3n) is 4.70. The zero-order valence-electron chi connectivity index (χ0n) is 13.3. The highest BCUT2D eigenvalue weighted by molar-refractivity contribution is 6.30. The normalized spacial score (nSPS) is 25.3. The van der Waals surface area contributed by atoms with Crippen molar-refractivity contribution in [1.82, 2.24) is 24.5 Å². The molecule has 7 heteroatoms. The molecule has 2 atom stereocenters. The number of carbonyl (C=O) groups is 1. The van der Waals surface area contributed by atoms with Crippen LogP contribution in [-0.2, 0) is 6.54 Å². The number of nitrogens with zero attached hydrogens (tertiary/aromatic N) is 5. The first-order chi connectivity index (χ1) is 10.5. The van der Waals surface area contributed by atoms with Gasteiger partial charge in [-0.1, -0.05) is 11.6 Å². The Kier molecular flexibility index (Phi) is 4.59. The molecule has 0 aromatic carbocycles. The molecule has 6 nitrogen and oxygen atoms in total. The number of fused-ring (bicyclic) bond motifs is 4. The highest BCUT2D eigenvalue weighted by Crippen LogP contribution is 2.28. The summed E-state index contributed by atoms with van der Waals surface area (Å²) in [6, 6.07) is 0.603. The number of urea groups is 1. The van der Waals surface area contributed by atoms with Gasteiger partial charge in [-0.15, -0.1) is 0 Å². The summed E-state index contributed by atoms with van der Waals surface area (Å²) >= 11 is 5.91. The Morgan fingerprint density at radius 1 is 1.32 bits per heavy atom. The van der Waals surface area contributed by atoms with Crippen LogP contribution in [0.25, 0.3) is 0 Å². The quantitative estimate of drug-likeness (QED) is 0.848. The van der Waals surface area contributed by atoms with E-state index >= 15 is 0 Å². The maximum Gasteiger partial charge on any atom is 0.319 e. The molecule has 0 N–H and O–H groups in total. The molecule has 1 aromatic rings. The summed E-state index contributed by atoms with van der Waals surface area (Å²) in [5.41, 5.74) is 0. The number of hydrogen-bond donors (Lipinski definition) is 0. The third kappa shape index (κ3) is 3.38. The average Bonchev–Trinajstić information content (AvgIpc) is 2.72. The van der Waals surface area contributed by atoms with E-state index in [0.717, 1.165) is 32.7 Å². The number of amides is 2. The minimum absolute atomic E-state index is 0.137. The van der Waals surface area contributed by atoms with Gasteiger partial charge in [0.25, 0.3) is 0 Å². The number of rotatable bonds is 3. The van der Waals surface area contributed by atoms with Crippen LogP contribution >= 0.6 is 11.6 Å². The second-order valence-electron chi connectivity index (χ2n) is 6.60. The van der Waals surface area contributed by atoms with Gasteiger partial charge in [0, 0.05) is 52.5 Å². The summed E-state index contributed by atoms with van der Waals surface area (Å²) in [5.74, 6) is 0.587. The second-order valence-corrected chi connectivity index (χ2v) is 7.03. The molecule has 0 radical (unpaired) electrons. The second kappa shape index (κ2) is 6.46. The predicted octanol–water partition coefficient (Wildman–Crippen LogP) is 1.61. The molecule has 2 amide bonds. The van der Waals surface area contributed by atoms with E-state index in [1.165, 1.54) is 12.8 Å². The molecule has 3 aliphatic heterocycles. The van der Waals surface area contributed by atoms with Gasteiger partial charge in [-0.25, -0.2) is 4.79 Å². The van der Waals surface area contributed by atoms with Crippen LogP contribution in [0.5, 0.6) is 0 Å². The van der Waals surface area contributed by atoms with E-state index < -0.39 is 0 Å². The Bertz CT molecular complexity index is 532. The fraction of sp³-hybridized carbons (Fsp3) is 0.733. The minimum Gasteiger partial charge on any atom is -0.331 e. The molecule has 22 heavy (non-hydrogen) atoms. The van der Waals surface area contributed by atoms with Crippen molar-refractivity contribution in [3.8, 4) is 0 Å². The topological polar surface area (TPSA) is 44.6 Å². The van der Waals surface area contributed by atoms with Crippen LogP contribution in [0, 0.1) is 5.92 Å². The van der Waals surface area contributed by atoms with Gasteiger partial charge in [0.15, 0.2) is 0 Å². The maximum absolute atomic E-state index is 12.3. The Hall–Kier alpha value is -1.27. The highest BCUT2D eigenvalue weighted by atomic mass is 35.5. The Labute approximate surface area is 136 Å². The average molecular weight is 326 g/mol. The number of piperidine rings is 1. The van der Waals surface area contributed by atoms with Gasteiger partial charge in [-0.05, 0) is 18.8 Å². The van der Waals surface area contributed by atoms with Gasteiger partial charge in [-0.2, -0.15) is 5.10 Å². The largest absolute Gasteiger partial charge is 0.331 e. The summed E-state index contributed by atoms with van der Waals surface area (Å²) < 4.78 is 1.89. The van der Waals surface area contributed by atoms with Crippen LogP contribution in [0.15, 0.2) is 12.4 Å². The zero-order chi connectivity index (χ0) is 15.7. The zero-order valence-corrected chi connectivity index (χ0v) is 14.0. The Balaban J connectivity index is 1.62. The van der Waals surface area contributed by atoms with E-state index in [2.05, 4.69) is 10.00 Å². The van der Waals surface area contributed by atoms with Crippen molar-refractivity contribution in [2.45, 2.75) is 25.4 Å². The molecule has 0 saturated carbocycles. The van der Waals surface area contributed by atoms with E-state index in [1.54, 1.807) is 11.1 Å². The van der Waals surface area contributed by atoms with Gasteiger partial charge in [0.05, 0.1) is 17.8 Å². The van der Waals surface area contributed by atoms with E-state index in [0.29, 0.717) is 17.0 Å². The maximum atomic E-state index is 12.3. The van der Waals surface area contributed by atoms with Crippen molar-refractivity contribution in [1.29, 1.82) is 0 Å². The molecular formula is C15H24ClN5O. The predicted molar refractivity (Wildman–Crippen MR) is 86.0 cm³/mol. The van der Waals surface area contributed by atoms with E-state index in [4.69, 9.17) is 11.6 Å². The highest BCUT2D eigenvalue weighted by Gasteiger charge is 2.36. The van der Waals surface area contributed by atoms with E-state index in [-0.39, 0.29) is 6.03 Å². The fourth-order valence-electron chi connectivity index (χ4n) is 3.58. The standard InChI is InChI=1S/C15H24ClN5O/c1-18(2)15(22)20-9-12-3-4-14(11-20)19(8-12)5-6-21-10-13(16)7-17-21/h7,10,12,14H,3-6,8-9,11H2,1-2H3/t12-,14-/m1/s1. The van der Waals surface area contributed by atoms with Crippen LogP contribution in [0.4, 0.5) is 4.79 Å². The smallest absolute Gasteiger partial charge is 0.319 e. The lowest BCUT2D eigenvalue weighted by molar-refractivity contribution is 0.124. The molecule has 3 saturated heterocycles. The summed E-state index contributed by atoms with van der Waals surface area (Å²) in [5, 5.41) is 4.92. The fourth-order valence-corrected chi connectivity index (χ4v) is 3.74. The first-order valence-electron chi connectivity index (χ1n) is 7.91. The number of carbonyl (C=O) groups excluding carboxylic acids is 1. The molecule has 2 bridgehead atoms. The molecular weight excluding hydrogens is 302 g/mol. The summed E-state index contributed by atoms with van der Waals surface area (Å²) in [4.78, 5) is 18.5.